The lowest BCUT2D eigenvalue weighted by atomic mass is 9.84. The van der Waals surface area contributed by atoms with Crippen molar-refractivity contribution in [2.75, 3.05) is 19.0 Å². The lowest BCUT2D eigenvalue weighted by Gasteiger charge is -2.33. The van der Waals surface area contributed by atoms with Crippen LogP contribution in [0, 0.1) is 5.92 Å². The maximum atomic E-state index is 13.3. The Labute approximate surface area is 151 Å². The van der Waals surface area contributed by atoms with Crippen molar-refractivity contribution in [1.29, 1.82) is 0 Å². The van der Waals surface area contributed by atoms with E-state index in [1.54, 1.807) is 23.1 Å². The fourth-order valence-corrected chi connectivity index (χ4v) is 4.46. The molecule has 1 aromatic carbocycles. The van der Waals surface area contributed by atoms with Crippen LogP contribution in [0.3, 0.4) is 0 Å². The Kier molecular flexibility index (Phi) is 4.30. The number of carbonyl (C=O) groups excluding carboxylic acids is 3. The van der Waals surface area contributed by atoms with Gasteiger partial charge in [0, 0.05) is 11.6 Å². The fourth-order valence-electron chi connectivity index (χ4n) is 4.46. The predicted octanol–water partition coefficient (Wildman–Crippen LogP) is 1.96. The largest absolute Gasteiger partial charge is 0.482 e. The number of esters is 1. The molecule has 1 aromatic rings. The molecule has 4 rings (SSSR count). The molecular weight excluding hydrogens is 336 g/mol. The average Bonchev–Trinajstić information content (AvgIpc) is 3.05. The van der Waals surface area contributed by atoms with E-state index in [0.29, 0.717) is 29.3 Å². The summed E-state index contributed by atoms with van der Waals surface area (Å²) in [6, 6.07) is 4.52. The topological polar surface area (TPSA) is 84.9 Å². The molecule has 1 N–H and O–H groups in total. The van der Waals surface area contributed by atoms with Crippen molar-refractivity contribution in [3.8, 4) is 5.75 Å². The van der Waals surface area contributed by atoms with Gasteiger partial charge in [-0.1, -0.05) is 12.8 Å². The number of ether oxygens (including phenoxy) is 2. The van der Waals surface area contributed by atoms with Gasteiger partial charge in [-0.05, 0) is 43.4 Å². The number of hydrogen-bond acceptors (Lipinski definition) is 5. The molecule has 0 radical (unpaired) electrons. The highest BCUT2D eigenvalue weighted by Crippen LogP contribution is 2.41. The molecule has 2 amide bonds. The third kappa shape index (κ3) is 2.81. The number of hydrogen-bond donors (Lipinski definition) is 1. The first-order valence-electron chi connectivity index (χ1n) is 9.05. The summed E-state index contributed by atoms with van der Waals surface area (Å²) < 4.78 is 10.3. The fraction of sp³-hybridized carbons (Fsp3) is 0.526. The van der Waals surface area contributed by atoms with Crippen molar-refractivity contribution in [2.24, 2.45) is 5.92 Å². The number of amides is 2. The van der Waals surface area contributed by atoms with E-state index in [1.165, 1.54) is 7.11 Å². The highest BCUT2D eigenvalue weighted by Gasteiger charge is 2.48. The van der Waals surface area contributed by atoms with Gasteiger partial charge in [-0.3, -0.25) is 9.59 Å². The normalized spacial score (nSPS) is 27.0. The number of carbonyl (C=O) groups is 3. The molecule has 0 spiro atoms. The lowest BCUT2D eigenvalue weighted by Crippen LogP contribution is -2.46. The molecule has 7 nitrogen and oxygen atoms in total. The van der Waals surface area contributed by atoms with Gasteiger partial charge in [0.15, 0.2) is 6.61 Å². The van der Waals surface area contributed by atoms with Gasteiger partial charge in [0.05, 0.1) is 12.8 Å². The van der Waals surface area contributed by atoms with E-state index in [0.717, 1.165) is 25.7 Å². The van der Waals surface area contributed by atoms with E-state index >= 15 is 0 Å². The minimum Gasteiger partial charge on any atom is -0.482 e. The van der Waals surface area contributed by atoms with Crippen molar-refractivity contribution in [1.82, 2.24) is 4.90 Å². The maximum Gasteiger partial charge on any atom is 0.328 e. The number of nitrogens with zero attached hydrogens (tertiary/aromatic N) is 1. The summed E-state index contributed by atoms with van der Waals surface area (Å²) >= 11 is 0. The molecule has 3 unspecified atom stereocenters. The highest BCUT2D eigenvalue weighted by atomic mass is 16.5. The van der Waals surface area contributed by atoms with Gasteiger partial charge in [-0.25, -0.2) is 4.79 Å². The molecule has 138 valence electrons. The van der Waals surface area contributed by atoms with Crippen LogP contribution in [0.2, 0.25) is 0 Å². The third-order valence-corrected chi connectivity index (χ3v) is 5.66. The van der Waals surface area contributed by atoms with Crippen LogP contribution in [-0.2, 0) is 14.3 Å². The molecule has 3 atom stereocenters. The molecular formula is C19H22N2O5. The summed E-state index contributed by atoms with van der Waals surface area (Å²) in [4.78, 5) is 38.8. The molecule has 2 heterocycles. The predicted molar refractivity (Wildman–Crippen MR) is 92.9 cm³/mol. The number of rotatable bonds is 2. The summed E-state index contributed by atoms with van der Waals surface area (Å²) in [7, 11) is 1.36. The van der Waals surface area contributed by atoms with Crippen molar-refractivity contribution in [2.45, 2.75) is 44.2 Å². The summed E-state index contributed by atoms with van der Waals surface area (Å²) in [5, 5.41) is 2.72. The van der Waals surface area contributed by atoms with E-state index < -0.39 is 6.04 Å². The molecule has 26 heavy (non-hydrogen) atoms. The number of likely N-dealkylation sites (tertiary alicyclic amines) is 1. The molecule has 3 aliphatic rings. The van der Waals surface area contributed by atoms with E-state index in [1.807, 2.05) is 0 Å². The molecule has 2 fully saturated rings. The Bertz CT molecular complexity index is 762. The van der Waals surface area contributed by atoms with Crippen molar-refractivity contribution < 1.29 is 23.9 Å². The van der Waals surface area contributed by atoms with E-state index in [2.05, 4.69) is 5.32 Å². The van der Waals surface area contributed by atoms with Crippen LogP contribution in [0.25, 0.3) is 0 Å². The quantitative estimate of drug-likeness (QED) is 0.817. The lowest BCUT2D eigenvalue weighted by molar-refractivity contribution is -0.145. The SMILES string of the molecule is COC(=O)C1CC2CCCCC2N1C(=O)c1ccc2c(c1)NC(=O)CO2. The second kappa shape index (κ2) is 6.63. The van der Waals surface area contributed by atoms with Gasteiger partial charge >= 0.3 is 5.97 Å². The summed E-state index contributed by atoms with van der Waals surface area (Å²) in [5.41, 5.74) is 0.927. The molecule has 7 heteroatoms. The van der Waals surface area contributed by atoms with Crippen LogP contribution in [0.4, 0.5) is 5.69 Å². The Morgan fingerprint density at radius 3 is 2.88 bits per heavy atom. The Morgan fingerprint density at radius 2 is 2.08 bits per heavy atom. The van der Waals surface area contributed by atoms with E-state index in [-0.39, 0.29) is 30.4 Å². The third-order valence-electron chi connectivity index (χ3n) is 5.66. The Hall–Kier alpha value is -2.57. The number of anilines is 1. The van der Waals surface area contributed by atoms with Crippen molar-refractivity contribution >= 4 is 23.5 Å². The number of methoxy groups -OCH3 is 1. The zero-order valence-electron chi connectivity index (χ0n) is 14.7. The van der Waals surface area contributed by atoms with Gasteiger partial charge < -0.3 is 19.7 Å². The van der Waals surface area contributed by atoms with Crippen LogP contribution >= 0.6 is 0 Å². The molecule has 1 saturated carbocycles. The highest BCUT2D eigenvalue weighted by molar-refractivity contribution is 6.01. The monoisotopic (exact) mass is 358 g/mol. The van der Waals surface area contributed by atoms with E-state index in [4.69, 9.17) is 9.47 Å². The number of fused-ring (bicyclic) bond motifs is 2. The van der Waals surface area contributed by atoms with Crippen molar-refractivity contribution in [3.05, 3.63) is 23.8 Å². The van der Waals surface area contributed by atoms with E-state index in [9.17, 15) is 14.4 Å². The molecule has 0 bridgehead atoms. The van der Waals surface area contributed by atoms with Gasteiger partial charge in [-0.2, -0.15) is 0 Å². The maximum absolute atomic E-state index is 13.3. The number of benzene rings is 1. The number of nitrogens with one attached hydrogen (secondary N) is 1. The summed E-state index contributed by atoms with van der Waals surface area (Å²) in [5.74, 6) is 0.0860. The minimum absolute atomic E-state index is 0.0272. The smallest absolute Gasteiger partial charge is 0.328 e. The first-order valence-corrected chi connectivity index (χ1v) is 9.05. The van der Waals surface area contributed by atoms with Crippen LogP contribution < -0.4 is 10.1 Å². The second-order valence-electron chi connectivity index (χ2n) is 7.15. The molecule has 0 aromatic heterocycles. The van der Waals surface area contributed by atoms with Crippen LogP contribution in [0.1, 0.15) is 42.5 Å². The zero-order chi connectivity index (χ0) is 18.3. The van der Waals surface area contributed by atoms with Gasteiger partial charge in [0.2, 0.25) is 0 Å². The van der Waals surface area contributed by atoms with Crippen LogP contribution in [0.5, 0.6) is 5.75 Å². The first kappa shape index (κ1) is 16.9. The standard InChI is InChI=1S/C19H22N2O5/c1-25-19(24)15-9-11-4-2-3-5-14(11)21(15)18(23)12-6-7-16-13(8-12)20-17(22)10-26-16/h6-8,11,14-15H,2-5,9-10H2,1H3,(H,20,22). The zero-order valence-corrected chi connectivity index (χ0v) is 14.7. The van der Waals surface area contributed by atoms with Crippen LogP contribution in [-0.4, -0.2) is 48.5 Å². The first-order chi connectivity index (χ1) is 12.6. The van der Waals surface area contributed by atoms with Gasteiger partial charge in [-0.15, -0.1) is 0 Å². The Morgan fingerprint density at radius 1 is 1.27 bits per heavy atom. The summed E-state index contributed by atoms with van der Waals surface area (Å²) in [6.45, 7) is -0.0272. The van der Waals surface area contributed by atoms with Crippen molar-refractivity contribution in [3.63, 3.8) is 0 Å². The minimum atomic E-state index is -0.539. The summed E-state index contributed by atoms with van der Waals surface area (Å²) in [6.07, 6.45) is 4.81. The van der Waals surface area contributed by atoms with Gasteiger partial charge in [0.1, 0.15) is 11.8 Å². The molecule has 1 aliphatic carbocycles. The molecule has 2 aliphatic heterocycles. The van der Waals surface area contributed by atoms with Gasteiger partial charge in [0.25, 0.3) is 11.8 Å². The Balaban J connectivity index is 1.65. The average molecular weight is 358 g/mol. The molecule has 1 saturated heterocycles. The van der Waals surface area contributed by atoms with Crippen LogP contribution in [0.15, 0.2) is 18.2 Å². The second-order valence-corrected chi connectivity index (χ2v) is 7.15.